The van der Waals surface area contributed by atoms with Gasteiger partial charge in [0.2, 0.25) is 11.6 Å². The Kier molecular flexibility index (Phi) is 4.25. The zero-order chi connectivity index (χ0) is 19.6. The summed E-state index contributed by atoms with van der Waals surface area (Å²) < 4.78 is 5.21. The van der Waals surface area contributed by atoms with Gasteiger partial charge in [-0.15, -0.1) is 0 Å². The summed E-state index contributed by atoms with van der Waals surface area (Å²) in [5.74, 6) is -0.0234. The number of carbonyl (C=O) groups is 2. The summed E-state index contributed by atoms with van der Waals surface area (Å²) in [6, 6.07) is 13.2. The number of methoxy groups -OCH3 is 1. The van der Waals surface area contributed by atoms with Crippen molar-refractivity contribution in [2.75, 3.05) is 7.11 Å². The van der Waals surface area contributed by atoms with Gasteiger partial charge in [-0.05, 0) is 22.9 Å². The van der Waals surface area contributed by atoms with Crippen LogP contribution in [0.5, 0.6) is 5.75 Å². The van der Waals surface area contributed by atoms with Crippen molar-refractivity contribution in [1.82, 2.24) is 0 Å². The molecule has 2 aliphatic heterocycles. The maximum atomic E-state index is 13.2. The van der Waals surface area contributed by atoms with Crippen molar-refractivity contribution in [2.24, 2.45) is 0 Å². The number of benzene rings is 3. The summed E-state index contributed by atoms with van der Waals surface area (Å²) in [5.41, 5.74) is 1.06. The lowest BCUT2D eigenvalue weighted by Gasteiger charge is -2.07. The molecule has 0 atom stereocenters. The summed E-state index contributed by atoms with van der Waals surface area (Å²) >= 11 is 15.1. The number of fused-ring (bicyclic) bond motifs is 4. The van der Waals surface area contributed by atoms with Gasteiger partial charge < -0.3 is 4.74 Å². The van der Waals surface area contributed by atoms with Crippen LogP contribution in [0.15, 0.2) is 62.1 Å². The van der Waals surface area contributed by atoms with Crippen LogP contribution in [0, 0.1) is 0 Å². The summed E-state index contributed by atoms with van der Waals surface area (Å²) in [5, 5.41) is 2.41. The van der Waals surface area contributed by atoms with E-state index >= 15 is 0 Å². The fourth-order valence-corrected chi connectivity index (χ4v) is 6.34. The summed E-state index contributed by atoms with van der Waals surface area (Å²) in [6.45, 7) is 0. The molecule has 138 valence electrons. The molecule has 0 unspecified atom stereocenters. The largest absolute Gasteiger partial charge is 0.495 e. The number of halogens is 2. The molecule has 0 aliphatic carbocycles. The monoisotopic (exact) mass is 444 g/mol. The first-order valence-electron chi connectivity index (χ1n) is 8.28. The van der Waals surface area contributed by atoms with Crippen LogP contribution in [0.2, 0.25) is 10.0 Å². The quantitative estimate of drug-likeness (QED) is 0.393. The van der Waals surface area contributed by atoms with Crippen LogP contribution in [-0.4, -0.2) is 18.7 Å². The number of allylic oxidation sites excluding steroid dienone is 2. The van der Waals surface area contributed by atoms with Crippen molar-refractivity contribution < 1.29 is 14.3 Å². The Morgan fingerprint density at radius 2 is 1.64 bits per heavy atom. The topological polar surface area (TPSA) is 43.4 Å². The van der Waals surface area contributed by atoms with Gasteiger partial charge in [0.15, 0.2) is 0 Å². The van der Waals surface area contributed by atoms with E-state index in [2.05, 4.69) is 0 Å². The summed E-state index contributed by atoms with van der Waals surface area (Å²) in [6.07, 6.45) is 0. The molecule has 3 aromatic carbocycles. The molecule has 3 nitrogen and oxygen atoms in total. The minimum atomic E-state index is -0.232. The van der Waals surface area contributed by atoms with E-state index in [-0.39, 0.29) is 21.6 Å². The lowest BCUT2D eigenvalue weighted by atomic mass is 10.0. The third kappa shape index (κ3) is 2.47. The molecule has 2 aliphatic rings. The maximum Gasteiger partial charge on any atom is 0.202 e. The van der Waals surface area contributed by atoms with Crippen LogP contribution in [0.1, 0.15) is 20.7 Å². The number of hydrogen-bond donors (Lipinski definition) is 0. The molecule has 0 saturated carbocycles. The molecule has 0 saturated heterocycles. The molecule has 3 aromatic rings. The molecule has 0 amide bonds. The van der Waals surface area contributed by atoms with E-state index < -0.39 is 0 Å². The van der Waals surface area contributed by atoms with Crippen LogP contribution in [0.3, 0.4) is 0 Å². The van der Waals surface area contributed by atoms with Gasteiger partial charge in [0.05, 0.1) is 21.9 Å². The second-order valence-corrected chi connectivity index (χ2v) is 9.09. The van der Waals surface area contributed by atoms with Crippen molar-refractivity contribution in [3.8, 4) is 5.75 Å². The highest BCUT2D eigenvalue weighted by atomic mass is 35.5. The van der Waals surface area contributed by atoms with Gasteiger partial charge in [-0.25, -0.2) is 0 Å². The first kappa shape index (κ1) is 18.1. The molecule has 7 heteroatoms. The Morgan fingerprint density at radius 1 is 0.893 bits per heavy atom. The Bertz CT molecular complexity index is 1260. The first-order chi connectivity index (χ1) is 13.5. The SMILES string of the molecule is COc1cc2c(c(Cl)c1Cl)S/C(=C1/Sc3ccc4ccccc4c3C1=O)C2=O. The van der Waals surface area contributed by atoms with Crippen LogP contribution < -0.4 is 4.74 Å². The van der Waals surface area contributed by atoms with Gasteiger partial charge in [-0.3, -0.25) is 9.59 Å². The second-order valence-electron chi connectivity index (χ2n) is 6.26. The fraction of sp³-hybridized carbons (Fsp3) is 0.0476. The molecular weight excluding hydrogens is 435 g/mol. The van der Waals surface area contributed by atoms with E-state index in [0.29, 0.717) is 31.6 Å². The van der Waals surface area contributed by atoms with Gasteiger partial charge in [0.25, 0.3) is 0 Å². The van der Waals surface area contributed by atoms with E-state index in [1.54, 1.807) is 6.07 Å². The lowest BCUT2D eigenvalue weighted by molar-refractivity contribution is 0.101. The number of ketones is 2. The number of hydrogen-bond acceptors (Lipinski definition) is 5. The van der Waals surface area contributed by atoms with E-state index in [9.17, 15) is 9.59 Å². The van der Waals surface area contributed by atoms with Crippen molar-refractivity contribution in [2.45, 2.75) is 9.79 Å². The van der Waals surface area contributed by atoms with E-state index in [1.807, 2.05) is 36.4 Å². The Labute approximate surface area is 179 Å². The number of ether oxygens (including phenoxy) is 1. The molecule has 0 spiro atoms. The van der Waals surface area contributed by atoms with Crippen LogP contribution in [-0.2, 0) is 0 Å². The van der Waals surface area contributed by atoms with Crippen molar-refractivity contribution in [1.29, 1.82) is 0 Å². The second kappa shape index (κ2) is 6.56. The minimum absolute atomic E-state index is 0.130. The molecule has 0 fully saturated rings. The standard InChI is InChI=1S/C21H10Cl2O3S2/c1-26-12-8-11-17(24)20(28-19(11)16(23)15(12)22)21-18(25)14-10-5-3-2-4-9(10)6-7-13(14)27-21/h2-8H,1H3/b21-20+. The predicted molar refractivity (Wildman–Crippen MR) is 114 cm³/mol. The molecular formula is C21H10Cl2O3S2. The number of thioether (sulfide) groups is 2. The maximum absolute atomic E-state index is 13.2. The molecule has 0 aromatic heterocycles. The first-order valence-corrected chi connectivity index (χ1v) is 10.7. The lowest BCUT2D eigenvalue weighted by Crippen LogP contribution is -2.02. The average molecular weight is 445 g/mol. The third-order valence-corrected chi connectivity index (χ3v) is 8.21. The molecule has 0 N–H and O–H groups in total. The Hall–Kier alpha value is -1.92. The molecule has 5 rings (SSSR count). The fourth-order valence-electron chi connectivity index (χ4n) is 3.41. The molecule has 2 heterocycles. The van der Waals surface area contributed by atoms with Crippen LogP contribution in [0.4, 0.5) is 0 Å². The zero-order valence-electron chi connectivity index (χ0n) is 14.3. The highest BCUT2D eigenvalue weighted by Gasteiger charge is 2.38. The van der Waals surface area contributed by atoms with E-state index in [1.165, 1.54) is 30.6 Å². The van der Waals surface area contributed by atoms with Gasteiger partial charge >= 0.3 is 0 Å². The van der Waals surface area contributed by atoms with E-state index in [0.717, 1.165) is 15.7 Å². The van der Waals surface area contributed by atoms with E-state index in [4.69, 9.17) is 27.9 Å². The van der Waals surface area contributed by atoms with Crippen molar-refractivity contribution in [3.05, 3.63) is 73.4 Å². The summed E-state index contributed by atoms with van der Waals surface area (Å²) in [4.78, 5) is 28.6. The molecule has 0 bridgehead atoms. The highest BCUT2D eigenvalue weighted by Crippen LogP contribution is 2.54. The van der Waals surface area contributed by atoms with Crippen LogP contribution >= 0.6 is 46.7 Å². The zero-order valence-corrected chi connectivity index (χ0v) is 17.5. The van der Waals surface area contributed by atoms with Crippen molar-refractivity contribution >= 4 is 69.1 Å². The van der Waals surface area contributed by atoms with Gasteiger partial charge in [-0.2, -0.15) is 0 Å². The Morgan fingerprint density at radius 3 is 2.43 bits per heavy atom. The normalized spacial score (nSPS) is 18.0. The average Bonchev–Trinajstić information content (AvgIpc) is 3.22. The predicted octanol–water partition coefficient (Wildman–Crippen LogP) is 6.64. The van der Waals surface area contributed by atoms with Gasteiger partial charge in [-0.1, -0.05) is 77.1 Å². The smallest absolute Gasteiger partial charge is 0.202 e. The molecule has 0 radical (unpaired) electrons. The highest BCUT2D eigenvalue weighted by molar-refractivity contribution is 8.08. The number of Topliss-reactive ketones (excluding diaryl/α,β-unsaturated/α-hetero) is 2. The summed E-state index contributed by atoms with van der Waals surface area (Å²) in [7, 11) is 1.47. The Balaban J connectivity index is 1.67. The van der Waals surface area contributed by atoms with Crippen molar-refractivity contribution in [3.63, 3.8) is 0 Å². The van der Waals surface area contributed by atoms with Gasteiger partial charge in [0, 0.05) is 20.9 Å². The van der Waals surface area contributed by atoms with Crippen LogP contribution in [0.25, 0.3) is 10.8 Å². The third-order valence-electron chi connectivity index (χ3n) is 4.75. The number of carbonyl (C=O) groups excluding carboxylic acids is 2. The number of rotatable bonds is 1. The minimum Gasteiger partial charge on any atom is -0.495 e. The molecule has 28 heavy (non-hydrogen) atoms. The van der Waals surface area contributed by atoms with Gasteiger partial charge in [0.1, 0.15) is 10.8 Å².